The largest absolute Gasteiger partial charge is 0.353 e. The lowest BCUT2D eigenvalue weighted by atomic mass is 10.6. The molecule has 3 N–H and O–H groups in total. The molecule has 0 heterocycles. The Morgan fingerprint density at radius 3 is 2.91 bits per heavy atom. The first-order valence-electron chi connectivity index (χ1n) is 3.41. The molecule has 0 rings (SSSR count). The Hall–Kier alpha value is -1.16. The van der Waals surface area contributed by atoms with Gasteiger partial charge in [-0.15, -0.1) is 0 Å². The first kappa shape index (κ1) is 9.84. The second kappa shape index (κ2) is 6.95. The second-order valence-corrected chi connectivity index (χ2v) is 1.78. The number of allylic oxidation sites excluding steroid dienone is 1. The zero-order chi connectivity index (χ0) is 8.53. The van der Waals surface area contributed by atoms with Crippen molar-refractivity contribution in [3.8, 4) is 0 Å². The van der Waals surface area contributed by atoms with Gasteiger partial charge in [-0.1, -0.05) is 12.7 Å². The van der Waals surface area contributed by atoms with E-state index < -0.39 is 0 Å². The lowest BCUT2D eigenvalue weighted by Gasteiger charge is -2.00. The van der Waals surface area contributed by atoms with E-state index >= 15 is 0 Å². The summed E-state index contributed by atoms with van der Waals surface area (Å²) in [4.78, 5) is 7.81. The Balaban J connectivity index is 3.77. The van der Waals surface area contributed by atoms with Gasteiger partial charge in [0.15, 0.2) is 0 Å². The van der Waals surface area contributed by atoms with Crippen LogP contribution < -0.4 is 11.1 Å². The van der Waals surface area contributed by atoms with Crippen LogP contribution >= 0.6 is 0 Å². The van der Waals surface area contributed by atoms with E-state index in [1.807, 2.05) is 0 Å². The summed E-state index contributed by atoms with van der Waals surface area (Å²) in [7, 11) is 1.67. The molecule has 0 aromatic heterocycles. The van der Waals surface area contributed by atoms with Gasteiger partial charge in [-0.2, -0.15) is 0 Å². The average Bonchev–Trinajstić information content (AvgIpc) is 2.05. The van der Waals surface area contributed by atoms with Crippen molar-refractivity contribution in [2.24, 2.45) is 15.7 Å². The number of rotatable bonds is 3. The number of aliphatic imine (C=N–C) groups is 2. The Labute approximate surface area is 66.9 Å². The fourth-order valence-corrected chi connectivity index (χ4v) is 0.490. The molecule has 0 amide bonds. The maximum absolute atomic E-state index is 5.27. The van der Waals surface area contributed by atoms with Gasteiger partial charge in [0.2, 0.25) is 5.96 Å². The van der Waals surface area contributed by atoms with E-state index in [9.17, 15) is 0 Å². The number of nitrogens with one attached hydrogen (secondary N) is 1. The van der Waals surface area contributed by atoms with Gasteiger partial charge < -0.3 is 11.1 Å². The maximum atomic E-state index is 5.27. The van der Waals surface area contributed by atoms with Crippen LogP contribution in [-0.2, 0) is 0 Å². The van der Waals surface area contributed by atoms with Gasteiger partial charge in [0.25, 0.3) is 0 Å². The molecule has 0 aromatic carbocycles. The van der Waals surface area contributed by atoms with Gasteiger partial charge in [0.1, 0.15) is 0 Å². The van der Waals surface area contributed by atoms with Crippen LogP contribution in [0.4, 0.5) is 0 Å². The first-order valence-corrected chi connectivity index (χ1v) is 3.41. The van der Waals surface area contributed by atoms with Crippen molar-refractivity contribution in [3.05, 3.63) is 12.7 Å². The van der Waals surface area contributed by atoms with E-state index in [0.717, 1.165) is 0 Å². The highest BCUT2D eigenvalue weighted by Gasteiger charge is 1.88. The van der Waals surface area contributed by atoms with Crippen molar-refractivity contribution in [1.82, 2.24) is 5.32 Å². The van der Waals surface area contributed by atoms with Crippen molar-refractivity contribution in [3.63, 3.8) is 0 Å². The molecule has 62 valence electrons. The monoisotopic (exact) mass is 154 g/mol. The van der Waals surface area contributed by atoms with E-state index in [0.29, 0.717) is 19.0 Å². The van der Waals surface area contributed by atoms with Gasteiger partial charge in [0.05, 0.1) is 0 Å². The summed E-state index contributed by atoms with van der Waals surface area (Å²) in [6.45, 7) is 4.74. The molecule has 4 heteroatoms. The van der Waals surface area contributed by atoms with Crippen LogP contribution in [0, 0.1) is 0 Å². The molecule has 0 aliphatic carbocycles. The summed E-state index contributed by atoms with van der Waals surface area (Å²) in [5.74, 6) is 0.579. The summed E-state index contributed by atoms with van der Waals surface area (Å²) in [5.41, 5.74) is 5.27. The molecule has 0 aliphatic rings. The van der Waals surface area contributed by atoms with Crippen LogP contribution in [0.15, 0.2) is 22.6 Å². The highest BCUT2D eigenvalue weighted by atomic mass is 15.1. The molecule has 0 aromatic rings. The van der Waals surface area contributed by atoms with Crippen molar-refractivity contribution >= 4 is 12.2 Å². The molecule has 0 saturated heterocycles. The molecule has 0 unspecified atom stereocenters. The van der Waals surface area contributed by atoms with E-state index in [4.69, 9.17) is 5.73 Å². The molecule has 0 bridgehead atoms. The zero-order valence-corrected chi connectivity index (χ0v) is 6.75. The van der Waals surface area contributed by atoms with Gasteiger partial charge in [-0.05, 0) is 0 Å². The third kappa shape index (κ3) is 5.29. The Bertz CT molecular complexity index is 160. The lowest BCUT2D eigenvalue weighted by Crippen LogP contribution is -2.27. The minimum absolute atomic E-state index is 0.572. The molecule has 4 nitrogen and oxygen atoms in total. The van der Waals surface area contributed by atoms with Crippen molar-refractivity contribution in [2.75, 3.05) is 20.1 Å². The third-order valence-electron chi connectivity index (χ3n) is 0.941. The minimum atomic E-state index is 0.572. The normalized spacial score (nSPS) is 12.0. The van der Waals surface area contributed by atoms with Gasteiger partial charge >= 0.3 is 0 Å². The number of guanidine groups is 1. The quantitative estimate of drug-likeness (QED) is 0.436. The van der Waals surface area contributed by atoms with Gasteiger partial charge in [-0.3, -0.25) is 4.99 Å². The summed E-state index contributed by atoms with van der Waals surface area (Å²) >= 11 is 0. The summed E-state index contributed by atoms with van der Waals surface area (Å²) in [6.07, 6.45) is 3.17. The van der Waals surface area contributed by atoms with Crippen LogP contribution in [0.3, 0.4) is 0 Å². The molecule has 0 spiro atoms. The molecule has 0 atom stereocenters. The fraction of sp³-hybridized carbons (Fsp3) is 0.429. The van der Waals surface area contributed by atoms with E-state index in [2.05, 4.69) is 21.9 Å². The number of nitrogens with two attached hydrogens (primary N) is 1. The molecule has 0 radical (unpaired) electrons. The van der Waals surface area contributed by atoms with Crippen molar-refractivity contribution in [1.29, 1.82) is 0 Å². The van der Waals surface area contributed by atoms with Gasteiger partial charge in [0, 0.05) is 26.4 Å². The number of hydrogen-bond donors (Lipinski definition) is 2. The highest BCUT2D eigenvalue weighted by molar-refractivity contribution is 5.90. The third-order valence-corrected chi connectivity index (χ3v) is 0.941. The number of nitrogens with zero attached hydrogens (tertiary/aromatic N) is 2. The second-order valence-electron chi connectivity index (χ2n) is 1.78. The predicted molar refractivity (Wildman–Crippen MR) is 49.1 cm³/mol. The zero-order valence-electron chi connectivity index (χ0n) is 6.75. The minimum Gasteiger partial charge on any atom is -0.353 e. The smallest absolute Gasteiger partial charge is 0.217 e. The van der Waals surface area contributed by atoms with Crippen LogP contribution in [0.25, 0.3) is 0 Å². The summed E-state index contributed by atoms with van der Waals surface area (Å²) in [6, 6.07) is 0. The Morgan fingerprint density at radius 2 is 2.45 bits per heavy atom. The van der Waals surface area contributed by atoms with Crippen molar-refractivity contribution < 1.29 is 0 Å². The molecule has 0 fully saturated rings. The standard InChI is InChI=1S/C7H14N4/c1-3-5-10-7(9-2)11-6-4-8/h3,5H,1,4,6,8H2,2H3,(H,9,11). The first-order chi connectivity index (χ1) is 5.35. The molecule has 0 saturated carbocycles. The van der Waals surface area contributed by atoms with Crippen LogP contribution in [-0.4, -0.2) is 32.3 Å². The van der Waals surface area contributed by atoms with Gasteiger partial charge in [-0.25, -0.2) is 4.99 Å². The molecule has 11 heavy (non-hydrogen) atoms. The van der Waals surface area contributed by atoms with Crippen LogP contribution in [0.5, 0.6) is 0 Å². The number of hydrogen-bond acceptors (Lipinski definition) is 2. The fourth-order valence-electron chi connectivity index (χ4n) is 0.490. The Morgan fingerprint density at radius 1 is 1.73 bits per heavy atom. The average molecular weight is 154 g/mol. The van der Waals surface area contributed by atoms with Crippen molar-refractivity contribution in [2.45, 2.75) is 0 Å². The molecular formula is C7H14N4. The van der Waals surface area contributed by atoms with Crippen LogP contribution in [0.1, 0.15) is 0 Å². The van der Waals surface area contributed by atoms with Crippen LogP contribution in [0.2, 0.25) is 0 Å². The predicted octanol–water partition coefficient (Wildman–Crippen LogP) is -0.223. The lowest BCUT2D eigenvalue weighted by molar-refractivity contribution is 0.867. The summed E-state index contributed by atoms with van der Waals surface area (Å²) in [5, 5.41) is 2.93. The Kier molecular flexibility index (Phi) is 6.22. The van der Waals surface area contributed by atoms with E-state index in [1.54, 1.807) is 19.3 Å². The van der Waals surface area contributed by atoms with E-state index in [-0.39, 0.29) is 0 Å². The highest BCUT2D eigenvalue weighted by Crippen LogP contribution is 1.72. The molecular weight excluding hydrogens is 140 g/mol. The SMILES string of the molecule is C=CC=NC(=NC)NCCN. The molecule has 0 aliphatic heterocycles. The van der Waals surface area contributed by atoms with E-state index in [1.165, 1.54) is 0 Å². The maximum Gasteiger partial charge on any atom is 0.217 e. The topological polar surface area (TPSA) is 62.8 Å². The summed E-state index contributed by atoms with van der Waals surface area (Å²) < 4.78 is 0.